The van der Waals surface area contributed by atoms with Crippen LogP contribution in [0.5, 0.6) is 0 Å². The lowest BCUT2D eigenvalue weighted by atomic mass is 9.94. The molecule has 0 spiro atoms. The maximum atomic E-state index is 13.1. The topological polar surface area (TPSA) is 83.6 Å². The van der Waals surface area contributed by atoms with E-state index in [1.54, 1.807) is 24.3 Å². The number of fused-ring (bicyclic) bond motifs is 1. The van der Waals surface area contributed by atoms with Crippen molar-refractivity contribution in [2.75, 3.05) is 19.3 Å². The number of rotatable bonds is 5. The smallest absolute Gasteiger partial charge is 0.254 e. The average molecular weight is 465 g/mol. The van der Waals surface area contributed by atoms with Crippen LogP contribution in [0.25, 0.3) is 10.8 Å². The van der Waals surface area contributed by atoms with E-state index in [9.17, 15) is 18.0 Å². The van der Waals surface area contributed by atoms with Gasteiger partial charge >= 0.3 is 0 Å². The van der Waals surface area contributed by atoms with Crippen molar-refractivity contribution in [1.82, 2.24) is 10.2 Å². The second-order valence-corrected chi connectivity index (χ2v) is 10.7. The third-order valence-electron chi connectivity index (χ3n) is 6.34. The Labute approximate surface area is 194 Å². The van der Waals surface area contributed by atoms with Crippen molar-refractivity contribution >= 4 is 32.4 Å². The summed E-state index contributed by atoms with van der Waals surface area (Å²) in [4.78, 5) is 28.0. The Balaban J connectivity index is 1.35. The largest absolute Gasteiger partial charge is 0.349 e. The molecule has 1 atom stereocenters. The monoisotopic (exact) mass is 464 g/mol. The third kappa shape index (κ3) is 5.09. The maximum absolute atomic E-state index is 13.1. The van der Waals surface area contributed by atoms with Gasteiger partial charge in [0.25, 0.3) is 5.91 Å². The van der Waals surface area contributed by atoms with Gasteiger partial charge in [-0.1, -0.05) is 48.5 Å². The summed E-state index contributed by atoms with van der Waals surface area (Å²) in [6.45, 7) is 2.96. The molecule has 7 heteroatoms. The Morgan fingerprint density at radius 2 is 1.58 bits per heavy atom. The van der Waals surface area contributed by atoms with Crippen molar-refractivity contribution < 1.29 is 18.0 Å². The van der Waals surface area contributed by atoms with Gasteiger partial charge < -0.3 is 10.2 Å². The van der Waals surface area contributed by atoms with Crippen LogP contribution >= 0.6 is 0 Å². The van der Waals surface area contributed by atoms with E-state index in [1.807, 2.05) is 54.3 Å². The molecule has 0 radical (unpaired) electrons. The minimum Gasteiger partial charge on any atom is -0.349 e. The molecule has 1 unspecified atom stereocenters. The number of nitrogens with zero attached hydrogens (tertiary/aromatic N) is 1. The zero-order valence-electron chi connectivity index (χ0n) is 18.8. The summed E-state index contributed by atoms with van der Waals surface area (Å²) in [6.07, 6.45) is 2.40. The van der Waals surface area contributed by atoms with Gasteiger partial charge in [-0.2, -0.15) is 0 Å². The van der Waals surface area contributed by atoms with E-state index in [0.717, 1.165) is 16.3 Å². The van der Waals surface area contributed by atoms with Gasteiger partial charge in [0.2, 0.25) is 5.91 Å². The molecular weight excluding hydrogens is 436 g/mol. The normalized spacial score (nSPS) is 15.9. The number of piperidine rings is 1. The number of benzene rings is 3. The Morgan fingerprint density at radius 1 is 0.939 bits per heavy atom. The number of nitrogens with one attached hydrogen (secondary N) is 1. The maximum Gasteiger partial charge on any atom is 0.254 e. The fourth-order valence-corrected chi connectivity index (χ4v) is 4.98. The zero-order chi connectivity index (χ0) is 23.6. The van der Waals surface area contributed by atoms with E-state index >= 15 is 0 Å². The molecule has 1 aliphatic rings. The molecule has 3 aromatic rings. The van der Waals surface area contributed by atoms with Gasteiger partial charge in [0.1, 0.15) is 0 Å². The van der Waals surface area contributed by atoms with Gasteiger partial charge in [0, 0.05) is 30.8 Å². The van der Waals surface area contributed by atoms with Gasteiger partial charge in [-0.25, -0.2) is 8.42 Å². The summed E-state index contributed by atoms with van der Waals surface area (Å²) in [5, 5.41) is 5.02. The minimum absolute atomic E-state index is 0.00462. The number of sulfone groups is 1. The van der Waals surface area contributed by atoms with E-state index < -0.39 is 9.84 Å². The Morgan fingerprint density at radius 3 is 2.24 bits per heavy atom. The lowest BCUT2D eigenvalue weighted by Crippen LogP contribution is -2.43. The first-order chi connectivity index (χ1) is 15.7. The van der Waals surface area contributed by atoms with E-state index in [4.69, 9.17) is 0 Å². The molecule has 1 heterocycles. The molecule has 1 N–H and O–H groups in total. The lowest BCUT2D eigenvalue weighted by Gasteiger charge is -2.32. The van der Waals surface area contributed by atoms with Crippen molar-refractivity contribution in [3.63, 3.8) is 0 Å². The third-order valence-corrected chi connectivity index (χ3v) is 7.47. The minimum atomic E-state index is -3.25. The molecule has 3 aromatic carbocycles. The number of hydrogen-bond acceptors (Lipinski definition) is 4. The number of carbonyl (C=O) groups excluding carboxylic acids is 2. The average Bonchev–Trinajstić information content (AvgIpc) is 2.83. The highest BCUT2D eigenvalue weighted by atomic mass is 32.2. The van der Waals surface area contributed by atoms with E-state index in [1.165, 1.54) is 6.26 Å². The first-order valence-corrected chi connectivity index (χ1v) is 13.0. The highest BCUT2D eigenvalue weighted by Gasteiger charge is 2.29. The van der Waals surface area contributed by atoms with Gasteiger partial charge in [-0.15, -0.1) is 0 Å². The van der Waals surface area contributed by atoms with Crippen molar-refractivity contribution in [3.8, 4) is 0 Å². The molecule has 6 nitrogen and oxygen atoms in total. The Hall–Kier alpha value is -3.19. The summed E-state index contributed by atoms with van der Waals surface area (Å²) in [6, 6.07) is 20.0. The molecule has 1 fully saturated rings. The number of hydrogen-bond donors (Lipinski definition) is 1. The van der Waals surface area contributed by atoms with E-state index in [-0.39, 0.29) is 28.7 Å². The van der Waals surface area contributed by atoms with Crippen LogP contribution < -0.4 is 5.32 Å². The van der Waals surface area contributed by atoms with Crippen LogP contribution in [0, 0.1) is 5.92 Å². The number of carbonyl (C=O) groups is 2. The van der Waals surface area contributed by atoms with Crippen LogP contribution in [0.2, 0.25) is 0 Å². The predicted octanol–water partition coefficient (Wildman–Crippen LogP) is 3.97. The van der Waals surface area contributed by atoms with Crippen LogP contribution in [0.3, 0.4) is 0 Å². The summed E-state index contributed by atoms with van der Waals surface area (Å²) in [7, 11) is -3.25. The number of amides is 2. The molecule has 33 heavy (non-hydrogen) atoms. The molecule has 1 aliphatic heterocycles. The molecule has 172 valence electrons. The predicted molar refractivity (Wildman–Crippen MR) is 129 cm³/mol. The van der Waals surface area contributed by atoms with Crippen molar-refractivity contribution in [2.45, 2.75) is 30.7 Å². The Bertz CT molecular complexity index is 1270. The molecular formula is C26H28N2O4S. The molecule has 0 bridgehead atoms. The fourth-order valence-electron chi connectivity index (χ4n) is 4.35. The molecule has 1 saturated heterocycles. The molecule has 2 amide bonds. The van der Waals surface area contributed by atoms with E-state index in [2.05, 4.69) is 5.32 Å². The number of likely N-dealkylation sites (tertiary alicyclic amines) is 1. The lowest BCUT2D eigenvalue weighted by molar-refractivity contribution is -0.127. The van der Waals surface area contributed by atoms with Crippen LogP contribution in [-0.4, -0.2) is 44.5 Å². The molecule has 0 aromatic heterocycles. The molecule has 0 aliphatic carbocycles. The molecule has 0 saturated carbocycles. The van der Waals surface area contributed by atoms with Crippen LogP contribution in [0.1, 0.15) is 41.7 Å². The van der Waals surface area contributed by atoms with Crippen LogP contribution in [0.15, 0.2) is 71.6 Å². The van der Waals surface area contributed by atoms with Gasteiger partial charge in [0.15, 0.2) is 9.84 Å². The fraction of sp³-hybridized carbons (Fsp3) is 0.308. The van der Waals surface area contributed by atoms with Crippen molar-refractivity contribution in [1.29, 1.82) is 0 Å². The van der Waals surface area contributed by atoms with Crippen molar-refractivity contribution in [3.05, 3.63) is 77.9 Å². The zero-order valence-corrected chi connectivity index (χ0v) is 19.6. The van der Waals surface area contributed by atoms with Gasteiger partial charge in [0.05, 0.1) is 10.9 Å². The van der Waals surface area contributed by atoms with E-state index in [0.29, 0.717) is 31.5 Å². The second kappa shape index (κ2) is 9.35. The van der Waals surface area contributed by atoms with Gasteiger partial charge in [-0.05, 0) is 54.3 Å². The summed E-state index contributed by atoms with van der Waals surface area (Å²) in [5.41, 5.74) is 1.54. The molecule has 4 rings (SSSR count). The van der Waals surface area contributed by atoms with Crippen LogP contribution in [-0.2, 0) is 14.6 Å². The summed E-state index contributed by atoms with van der Waals surface area (Å²) < 4.78 is 23.3. The first-order valence-electron chi connectivity index (χ1n) is 11.1. The highest BCUT2D eigenvalue weighted by molar-refractivity contribution is 7.90. The quantitative estimate of drug-likeness (QED) is 0.619. The summed E-state index contributed by atoms with van der Waals surface area (Å²) in [5.74, 6) is -0.184. The first kappa shape index (κ1) is 23.0. The second-order valence-electron chi connectivity index (χ2n) is 8.66. The SMILES string of the molecule is CC(NC(=O)C1CCN(C(=O)c2cccc3ccccc23)CC1)c1ccc(S(C)(=O)=O)cc1. The van der Waals surface area contributed by atoms with Crippen LogP contribution in [0.4, 0.5) is 0 Å². The van der Waals surface area contributed by atoms with Gasteiger partial charge in [-0.3, -0.25) is 9.59 Å². The highest BCUT2D eigenvalue weighted by Crippen LogP contribution is 2.25. The summed E-state index contributed by atoms with van der Waals surface area (Å²) >= 11 is 0. The Kier molecular flexibility index (Phi) is 6.51. The standard InChI is InChI=1S/C26H28N2O4S/c1-18(19-10-12-22(13-11-19)33(2,31)32)27-25(29)21-14-16-28(17-15-21)26(30)24-9-5-7-20-6-3-4-8-23(20)24/h3-13,18,21H,14-17H2,1-2H3,(H,27,29). The van der Waals surface area contributed by atoms with Crippen molar-refractivity contribution in [2.24, 2.45) is 5.92 Å².